The van der Waals surface area contributed by atoms with Crippen molar-refractivity contribution in [3.05, 3.63) is 53.6 Å². The predicted molar refractivity (Wildman–Crippen MR) is 143 cm³/mol. The Morgan fingerprint density at radius 1 is 1.08 bits per heavy atom. The van der Waals surface area contributed by atoms with E-state index in [4.69, 9.17) is 9.47 Å². The fraction of sp³-hybridized carbons (Fsp3) is 0.481. The molecule has 2 aromatic rings. The minimum atomic E-state index is -3.86. The van der Waals surface area contributed by atoms with E-state index in [1.807, 2.05) is 13.0 Å². The highest BCUT2D eigenvalue weighted by Crippen LogP contribution is 2.31. The third-order valence-electron chi connectivity index (χ3n) is 6.64. The predicted octanol–water partition coefficient (Wildman–Crippen LogP) is 3.25. The van der Waals surface area contributed by atoms with Crippen LogP contribution in [0.1, 0.15) is 43.7 Å². The van der Waals surface area contributed by atoms with E-state index in [9.17, 15) is 18.0 Å². The summed E-state index contributed by atoms with van der Waals surface area (Å²) in [7, 11) is -0.859. The molecule has 37 heavy (non-hydrogen) atoms. The van der Waals surface area contributed by atoms with Gasteiger partial charge in [0.2, 0.25) is 21.8 Å². The van der Waals surface area contributed by atoms with E-state index in [1.54, 1.807) is 50.4 Å². The Balaban J connectivity index is 1.94. The normalized spacial score (nSPS) is 14.6. The van der Waals surface area contributed by atoms with Gasteiger partial charge >= 0.3 is 0 Å². The van der Waals surface area contributed by atoms with E-state index >= 15 is 0 Å². The molecule has 0 aromatic heterocycles. The average molecular weight is 532 g/mol. The van der Waals surface area contributed by atoms with Crippen molar-refractivity contribution in [1.29, 1.82) is 0 Å². The number of methoxy groups -OCH3 is 2. The van der Waals surface area contributed by atoms with Crippen LogP contribution in [0, 0.1) is 6.92 Å². The molecule has 0 aliphatic heterocycles. The van der Waals surface area contributed by atoms with E-state index in [1.165, 1.54) is 12.0 Å². The SMILES string of the molecule is COc1cccc(CN(C(=O)CN(c2cc(C)ccc2OC)S(C)(=O)=O)C(C)C(=O)NC2CCCC2)c1. The van der Waals surface area contributed by atoms with Crippen molar-refractivity contribution >= 4 is 27.5 Å². The number of sulfonamides is 1. The van der Waals surface area contributed by atoms with Crippen LogP contribution >= 0.6 is 0 Å². The lowest BCUT2D eigenvalue weighted by Crippen LogP contribution is -2.52. The molecule has 2 aromatic carbocycles. The highest BCUT2D eigenvalue weighted by molar-refractivity contribution is 7.92. The molecular weight excluding hydrogens is 494 g/mol. The number of hydrogen-bond donors (Lipinski definition) is 1. The third-order valence-corrected chi connectivity index (χ3v) is 7.76. The molecule has 0 spiro atoms. The zero-order valence-corrected chi connectivity index (χ0v) is 23.0. The Labute approximate surface area is 219 Å². The van der Waals surface area contributed by atoms with Crippen molar-refractivity contribution in [2.24, 2.45) is 0 Å². The average Bonchev–Trinajstić information content (AvgIpc) is 3.37. The maximum atomic E-state index is 13.8. The highest BCUT2D eigenvalue weighted by Gasteiger charge is 2.32. The van der Waals surface area contributed by atoms with Crippen LogP contribution in [0.2, 0.25) is 0 Å². The molecule has 1 fully saturated rings. The van der Waals surface area contributed by atoms with Crippen molar-refractivity contribution in [3.63, 3.8) is 0 Å². The molecule has 3 rings (SSSR count). The first-order valence-corrected chi connectivity index (χ1v) is 14.2. The molecule has 0 bridgehead atoms. The van der Waals surface area contributed by atoms with E-state index in [0.29, 0.717) is 11.5 Å². The number of ether oxygens (including phenoxy) is 2. The molecule has 1 saturated carbocycles. The summed E-state index contributed by atoms with van der Waals surface area (Å²) in [5, 5.41) is 3.05. The van der Waals surface area contributed by atoms with Crippen LogP contribution in [0.25, 0.3) is 0 Å². The largest absolute Gasteiger partial charge is 0.497 e. The number of benzene rings is 2. The van der Waals surface area contributed by atoms with Gasteiger partial charge in [-0.05, 0) is 62.1 Å². The van der Waals surface area contributed by atoms with Crippen LogP contribution in [-0.2, 0) is 26.2 Å². The summed E-state index contributed by atoms with van der Waals surface area (Å²) in [5.74, 6) is 0.179. The van der Waals surface area contributed by atoms with E-state index in [-0.39, 0.29) is 24.2 Å². The minimum Gasteiger partial charge on any atom is -0.497 e. The summed E-state index contributed by atoms with van der Waals surface area (Å²) in [6.07, 6.45) is 5.00. The Hall–Kier alpha value is -3.27. The quantitative estimate of drug-likeness (QED) is 0.477. The van der Waals surface area contributed by atoms with Gasteiger partial charge in [0, 0.05) is 12.6 Å². The Morgan fingerprint density at radius 3 is 2.41 bits per heavy atom. The first-order valence-electron chi connectivity index (χ1n) is 12.4. The minimum absolute atomic E-state index is 0.0906. The number of amides is 2. The van der Waals surface area contributed by atoms with Crippen LogP contribution in [-0.4, -0.2) is 64.2 Å². The zero-order valence-electron chi connectivity index (χ0n) is 22.2. The molecule has 10 heteroatoms. The number of carbonyl (C=O) groups is 2. The number of hydrogen-bond acceptors (Lipinski definition) is 6. The maximum absolute atomic E-state index is 13.8. The topological polar surface area (TPSA) is 105 Å². The van der Waals surface area contributed by atoms with Gasteiger partial charge in [-0.2, -0.15) is 0 Å². The van der Waals surface area contributed by atoms with Gasteiger partial charge in [-0.3, -0.25) is 13.9 Å². The summed E-state index contributed by atoms with van der Waals surface area (Å²) in [4.78, 5) is 28.4. The highest BCUT2D eigenvalue weighted by atomic mass is 32.2. The molecule has 202 valence electrons. The fourth-order valence-electron chi connectivity index (χ4n) is 4.53. The van der Waals surface area contributed by atoms with Gasteiger partial charge in [-0.15, -0.1) is 0 Å². The van der Waals surface area contributed by atoms with Crippen molar-refractivity contribution in [2.45, 2.75) is 58.2 Å². The van der Waals surface area contributed by atoms with Gasteiger partial charge in [-0.25, -0.2) is 8.42 Å². The smallest absolute Gasteiger partial charge is 0.244 e. The van der Waals surface area contributed by atoms with Crippen molar-refractivity contribution in [2.75, 3.05) is 31.3 Å². The zero-order chi connectivity index (χ0) is 27.2. The number of carbonyl (C=O) groups excluding carboxylic acids is 2. The van der Waals surface area contributed by atoms with E-state index in [2.05, 4.69) is 5.32 Å². The van der Waals surface area contributed by atoms with E-state index < -0.39 is 28.5 Å². The molecular formula is C27H37N3O6S. The molecule has 0 saturated heterocycles. The second-order valence-corrected chi connectivity index (χ2v) is 11.4. The van der Waals surface area contributed by atoms with Crippen molar-refractivity contribution < 1.29 is 27.5 Å². The van der Waals surface area contributed by atoms with Crippen LogP contribution in [0.4, 0.5) is 5.69 Å². The maximum Gasteiger partial charge on any atom is 0.244 e. The summed E-state index contributed by atoms with van der Waals surface area (Å²) < 4.78 is 37.4. The number of nitrogens with one attached hydrogen (secondary N) is 1. The van der Waals surface area contributed by atoms with Crippen LogP contribution in [0.3, 0.4) is 0 Å². The van der Waals surface area contributed by atoms with Crippen LogP contribution in [0.5, 0.6) is 11.5 Å². The van der Waals surface area contributed by atoms with Gasteiger partial charge < -0.3 is 19.7 Å². The Bertz CT molecular complexity index is 1210. The number of aryl methyl sites for hydroxylation is 1. The number of rotatable bonds is 11. The molecule has 0 heterocycles. The van der Waals surface area contributed by atoms with Crippen LogP contribution < -0.4 is 19.1 Å². The molecule has 1 N–H and O–H groups in total. The molecule has 1 unspecified atom stereocenters. The molecule has 0 radical (unpaired) electrons. The molecule has 2 amide bonds. The van der Waals surface area contributed by atoms with E-state index in [0.717, 1.165) is 47.4 Å². The first-order chi connectivity index (χ1) is 17.5. The van der Waals surface area contributed by atoms with Gasteiger partial charge in [0.25, 0.3) is 0 Å². The summed E-state index contributed by atoms with van der Waals surface area (Å²) in [5.41, 5.74) is 1.84. The Kier molecular flexibility index (Phi) is 9.42. The monoisotopic (exact) mass is 531 g/mol. The van der Waals surface area contributed by atoms with Gasteiger partial charge in [-0.1, -0.05) is 31.0 Å². The van der Waals surface area contributed by atoms with Gasteiger partial charge in [0.05, 0.1) is 26.2 Å². The second-order valence-electron chi connectivity index (χ2n) is 9.48. The molecule has 1 aliphatic rings. The van der Waals surface area contributed by atoms with Gasteiger partial charge in [0.15, 0.2) is 0 Å². The first kappa shape index (κ1) is 28.3. The lowest BCUT2D eigenvalue weighted by molar-refractivity contribution is -0.139. The van der Waals surface area contributed by atoms with Crippen LogP contribution in [0.15, 0.2) is 42.5 Å². The van der Waals surface area contributed by atoms with Crippen molar-refractivity contribution in [3.8, 4) is 11.5 Å². The fourth-order valence-corrected chi connectivity index (χ4v) is 5.38. The summed E-state index contributed by atoms with van der Waals surface area (Å²) in [6, 6.07) is 11.6. The van der Waals surface area contributed by atoms with Gasteiger partial charge in [0.1, 0.15) is 24.1 Å². The molecule has 9 nitrogen and oxygen atoms in total. The summed E-state index contributed by atoms with van der Waals surface area (Å²) >= 11 is 0. The Morgan fingerprint density at radius 2 is 1.78 bits per heavy atom. The molecule has 1 atom stereocenters. The number of nitrogens with zero attached hydrogens (tertiary/aromatic N) is 2. The standard InChI is InChI=1S/C27H37N3O6S/c1-19-13-14-25(36-4)24(15-19)30(37(5,33)34)18-26(31)29(17-21-9-8-12-23(16-21)35-3)20(2)27(32)28-22-10-6-7-11-22/h8-9,12-16,20,22H,6-7,10-11,17-18H2,1-5H3,(H,28,32). The second kappa shape index (κ2) is 12.3. The number of anilines is 1. The lowest BCUT2D eigenvalue weighted by atomic mass is 10.1. The third kappa shape index (κ3) is 7.38. The van der Waals surface area contributed by atoms with Crippen molar-refractivity contribution in [1.82, 2.24) is 10.2 Å². The molecule has 1 aliphatic carbocycles. The lowest BCUT2D eigenvalue weighted by Gasteiger charge is -2.32. The summed E-state index contributed by atoms with van der Waals surface area (Å²) in [6.45, 7) is 3.12.